The Bertz CT molecular complexity index is 749. The average molecular weight is 392 g/mol. The Hall–Kier alpha value is -2.14. The molecule has 2 heteroatoms. The van der Waals surface area contributed by atoms with Crippen molar-refractivity contribution in [3.05, 3.63) is 71.6 Å². The highest BCUT2D eigenvalue weighted by atomic mass is 19.1. The summed E-state index contributed by atoms with van der Waals surface area (Å²) in [5, 5.41) is 8.43. The third-order valence-corrected chi connectivity index (χ3v) is 6.84. The van der Waals surface area contributed by atoms with Crippen LogP contribution >= 0.6 is 0 Å². The Labute approximate surface area is 176 Å². The van der Waals surface area contributed by atoms with E-state index in [0.29, 0.717) is 11.8 Å². The first-order valence-corrected chi connectivity index (χ1v) is 11.4. The van der Waals surface area contributed by atoms with Gasteiger partial charge in [0.2, 0.25) is 0 Å². The van der Waals surface area contributed by atoms with Gasteiger partial charge in [0.15, 0.2) is 5.83 Å². The summed E-state index contributed by atoms with van der Waals surface area (Å²) >= 11 is 0. The molecule has 1 nitrogen and oxygen atoms in total. The monoisotopic (exact) mass is 391 g/mol. The zero-order valence-electron chi connectivity index (χ0n) is 17.7. The van der Waals surface area contributed by atoms with E-state index in [0.717, 1.165) is 31.1 Å². The molecule has 0 amide bonds. The lowest BCUT2D eigenvalue weighted by Gasteiger charge is -2.28. The lowest BCUT2D eigenvalue weighted by atomic mass is 9.77. The summed E-state index contributed by atoms with van der Waals surface area (Å²) in [6.07, 6.45) is 21.1. The molecule has 0 atom stereocenters. The molecule has 0 radical (unpaired) electrons. The van der Waals surface area contributed by atoms with Crippen molar-refractivity contribution in [2.75, 3.05) is 0 Å². The molecule has 29 heavy (non-hydrogen) atoms. The van der Waals surface area contributed by atoms with Crippen molar-refractivity contribution < 1.29 is 4.39 Å². The predicted molar refractivity (Wildman–Crippen MR) is 119 cm³/mol. The number of rotatable bonds is 6. The predicted octanol–water partition coefficient (Wildman–Crippen LogP) is 7.82. The topological polar surface area (TPSA) is 23.8 Å². The second kappa shape index (κ2) is 11.1. The van der Waals surface area contributed by atoms with Gasteiger partial charge in [0.25, 0.3) is 0 Å². The summed E-state index contributed by atoms with van der Waals surface area (Å²) in [5.41, 5.74) is 2.96. The van der Waals surface area contributed by atoms with E-state index in [-0.39, 0.29) is 0 Å². The smallest absolute Gasteiger partial charge is 0.195 e. The molecular formula is C27H34FN. The number of hydrogen-bond donors (Lipinski definition) is 0. The van der Waals surface area contributed by atoms with Gasteiger partial charge in [-0.25, -0.2) is 0 Å². The van der Waals surface area contributed by atoms with Gasteiger partial charge in [-0.05, 0) is 98.7 Å². The third-order valence-electron chi connectivity index (χ3n) is 6.84. The molecule has 0 bridgehead atoms. The molecule has 154 valence electrons. The van der Waals surface area contributed by atoms with Crippen LogP contribution < -0.4 is 0 Å². The number of aryl methyl sites for hydroxylation is 1. The van der Waals surface area contributed by atoms with Gasteiger partial charge in [-0.15, -0.1) is 0 Å². The fourth-order valence-corrected chi connectivity index (χ4v) is 4.85. The van der Waals surface area contributed by atoms with Crippen LogP contribution in [0.5, 0.6) is 0 Å². The van der Waals surface area contributed by atoms with E-state index >= 15 is 0 Å². The second-order valence-electron chi connectivity index (χ2n) is 8.78. The summed E-state index contributed by atoms with van der Waals surface area (Å²) < 4.78 is 12.8. The molecule has 0 N–H and O–H groups in total. The minimum absolute atomic E-state index is 0.525. The number of hydrogen-bond acceptors (Lipinski definition) is 1. The standard InChI is InChI=1S/C27H34FN/c1-2-21-12-16-25(17-13-21)26-18-14-24(15-19-26)11-10-23-8-6-22(7-9-23)4-3-5-27(28)20-29/h3-5,10-13,16-17,22-24,26H,2,6-9,14-15,18-19H2,1H3. The Kier molecular flexibility index (Phi) is 8.29. The minimum Gasteiger partial charge on any atom is -0.195 e. The first-order chi connectivity index (χ1) is 14.2. The SMILES string of the molecule is CCc1ccc(C2CCC(C=CC3CCC(C=CC=C(F)C#N)CC3)CC2)cc1. The molecule has 2 aliphatic rings. The maximum Gasteiger partial charge on any atom is 0.199 e. The molecule has 0 saturated heterocycles. The van der Waals surface area contributed by atoms with Crippen LogP contribution in [0.15, 0.2) is 60.5 Å². The molecule has 0 spiro atoms. The second-order valence-corrected chi connectivity index (χ2v) is 8.78. The zero-order valence-corrected chi connectivity index (χ0v) is 17.7. The van der Waals surface area contributed by atoms with E-state index in [1.165, 1.54) is 61.8 Å². The van der Waals surface area contributed by atoms with Crippen LogP contribution in [0.1, 0.15) is 75.3 Å². The van der Waals surface area contributed by atoms with Crippen molar-refractivity contribution in [1.29, 1.82) is 5.26 Å². The number of allylic oxidation sites excluding steroid dienone is 6. The molecule has 1 aromatic rings. The van der Waals surface area contributed by atoms with Gasteiger partial charge < -0.3 is 0 Å². The van der Waals surface area contributed by atoms with E-state index in [4.69, 9.17) is 5.26 Å². The number of nitrogens with zero attached hydrogens (tertiary/aromatic N) is 1. The van der Waals surface area contributed by atoms with Crippen LogP contribution in [0.3, 0.4) is 0 Å². The minimum atomic E-state index is -0.717. The van der Waals surface area contributed by atoms with E-state index in [9.17, 15) is 4.39 Å². The van der Waals surface area contributed by atoms with Gasteiger partial charge in [0, 0.05) is 0 Å². The van der Waals surface area contributed by atoms with Gasteiger partial charge in [-0.1, -0.05) is 55.5 Å². The van der Waals surface area contributed by atoms with Crippen molar-refractivity contribution in [2.24, 2.45) is 17.8 Å². The van der Waals surface area contributed by atoms with Crippen LogP contribution in [0.25, 0.3) is 0 Å². The van der Waals surface area contributed by atoms with Crippen molar-refractivity contribution in [1.82, 2.24) is 0 Å². The van der Waals surface area contributed by atoms with Crippen LogP contribution in [0.4, 0.5) is 4.39 Å². The van der Waals surface area contributed by atoms with Crippen LogP contribution in [-0.2, 0) is 6.42 Å². The Morgan fingerprint density at radius 1 is 0.897 bits per heavy atom. The third kappa shape index (κ3) is 6.70. The van der Waals surface area contributed by atoms with Crippen molar-refractivity contribution in [3.8, 4) is 6.07 Å². The first kappa shape index (κ1) is 21.6. The van der Waals surface area contributed by atoms with Crippen molar-refractivity contribution in [2.45, 2.75) is 70.6 Å². The average Bonchev–Trinajstić information content (AvgIpc) is 2.79. The summed E-state index contributed by atoms with van der Waals surface area (Å²) in [5.74, 6) is 2.00. The molecule has 2 saturated carbocycles. The van der Waals surface area contributed by atoms with Gasteiger partial charge in [-0.3, -0.25) is 0 Å². The maximum absolute atomic E-state index is 12.8. The summed E-state index contributed by atoms with van der Waals surface area (Å²) in [4.78, 5) is 0. The van der Waals surface area contributed by atoms with Gasteiger partial charge in [0.05, 0.1) is 0 Å². The molecule has 1 aromatic carbocycles. The van der Waals surface area contributed by atoms with Gasteiger partial charge in [0.1, 0.15) is 6.07 Å². The molecular weight excluding hydrogens is 357 g/mol. The molecule has 0 aromatic heterocycles. The molecule has 2 fully saturated rings. The Morgan fingerprint density at radius 3 is 1.93 bits per heavy atom. The quantitative estimate of drug-likeness (QED) is 0.275. The fraction of sp³-hybridized carbons (Fsp3) is 0.519. The van der Waals surface area contributed by atoms with Crippen molar-refractivity contribution in [3.63, 3.8) is 0 Å². The number of nitriles is 1. The molecule has 0 aliphatic heterocycles. The lowest BCUT2D eigenvalue weighted by Crippen LogP contribution is -2.14. The highest BCUT2D eigenvalue weighted by Crippen LogP contribution is 2.37. The van der Waals surface area contributed by atoms with Crippen LogP contribution in [-0.4, -0.2) is 0 Å². The van der Waals surface area contributed by atoms with Crippen LogP contribution in [0.2, 0.25) is 0 Å². The Balaban J connectivity index is 1.39. The van der Waals surface area contributed by atoms with E-state index < -0.39 is 5.83 Å². The van der Waals surface area contributed by atoms with Gasteiger partial charge >= 0.3 is 0 Å². The highest BCUT2D eigenvalue weighted by Gasteiger charge is 2.22. The van der Waals surface area contributed by atoms with E-state index in [2.05, 4.69) is 49.4 Å². The lowest BCUT2D eigenvalue weighted by molar-refractivity contribution is 0.348. The van der Waals surface area contributed by atoms with E-state index in [1.54, 1.807) is 6.08 Å². The van der Waals surface area contributed by atoms with Crippen molar-refractivity contribution >= 4 is 0 Å². The number of halogens is 1. The maximum atomic E-state index is 12.8. The molecule has 0 heterocycles. The van der Waals surface area contributed by atoms with Crippen LogP contribution in [0, 0.1) is 29.1 Å². The normalized spacial score (nSPS) is 28.7. The summed E-state index contributed by atoms with van der Waals surface area (Å²) in [6, 6.07) is 10.8. The highest BCUT2D eigenvalue weighted by molar-refractivity contribution is 5.26. The molecule has 0 unspecified atom stereocenters. The zero-order chi connectivity index (χ0) is 20.5. The number of benzene rings is 1. The largest absolute Gasteiger partial charge is 0.199 e. The van der Waals surface area contributed by atoms with Gasteiger partial charge in [-0.2, -0.15) is 9.65 Å². The first-order valence-electron chi connectivity index (χ1n) is 11.4. The summed E-state index contributed by atoms with van der Waals surface area (Å²) in [7, 11) is 0. The summed E-state index contributed by atoms with van der Waals surface area (Å²) in [6.45, 7) is 2.21. The fourth-order valence-electron chi connectivity index (χ4n) is 4.85. The Morgan fingerprint density at radius 2 is 1.41 bits per heavy atom. The molecule has 3 rings (SSSR count). The van der Waals surface area contributed by atoms with E-state index in [1.807, 2.05) is 0 Å². The molecule has 2 aliphatic carbocycles.